The number of hydrogen-bond acceptors (Lipinski definition) is 4. The molecule has 0 bridgehead atoms. The summed E-state index contributed by atoms with van der Waals surface area (Å²) in [6.45, 7) is 4.88. The molecule has 2 heterocycles. The Bertz CT molecular complexity index is 1180. The number of nitrogens with one attached hydrogen (secondary N) is 1. The lowest BCUT2D eigenvalue weighted by Gasteiger charge is -2.17. The Morgan fingerprint density at radius 1 is 1.14 bits per heavy atom. The highest BCUT2D eigenvalue weighted by molar-refractivity contribution is 6.20. The Kier molecular flexibility index (Phi) is 3.99. The van der Waals surface area contributed by atoms with Gasteiger partial charge in [0, 0.05) is 22.7 Å². The number of carbonyl (C=O) groups excluding carboxylic acids is 1. The van der Waals surface area contributed by atoms with Crippen LogP contribution in [0.4, 0.5) is 30.2 Å². The van der Waals surface area contributed by atoms with E-state index in [1.165, 1.54) is 19.2 Å². The summed E-state index contributed by atoms with van der Waals surface area (Å²) in [5, 5.41) is 3.59. The van der Waals surface area contributed by atoms with Gasteiger partial charge in [-0.1, -0.05) is 12.1 Å². The lowest BCUT2D eigenvalue weighted by molar-refractivity contribution is -0.0579. The number of halogens is 3. The Morgan fingerprint density at radius 2 is 1.89 bits per heavy atom. The maximum Gasteiger partial charge on any atom is 0.434 e. The molecule has 2 aromatic carbocycles. The van der Waals surface area contributed by atoms with Crippen LogP contribution in [0.25, 0.3) is 10.9 Å². The molecular weight excluding hydrogens is 367 g/mol. The number of aliphatic imine (C=N–C) groups is 1. The first kappa shape index (κ1) is 18.2. The molecule has 0 spiro atoms. The summed E-state index contributed by atoms with van der Waals surface area (Å²) in [5.74, 6) is -0.337. The van der Waals surface area contributed by atoms with Crippen molar-refractivity contribution in [1.82, 2.24) is 4.98 Å². The molecule has 1 N–H and O–H groups in total. The highest BCUT2D eigenvalue weighted by atomic mass is 19.4. The number of benzene rings is 2. The third-order valence-corrected chi connectivity index (χ3v) is 4.98. The number of hydrogen-bond donors (Lipinski definition) is 1. The lowest BCUT2D eigenvalue weighted by atomic mass is 9.96. The monoisotopic (exact) mass is 383 g/mol. The van der Waals surface area contributed by atoms with Gasteiger partial charge in [-0.3, -0.25) is 9.78 Å². The fourth-order valence-corrected chi connectivity index (χ4v) is 3.42. The number of Topliss-reactive ketones (excluding diaryl/α,β-unsaturated/α-hetero) is 1. The second-order valence-electron chi connectivity index (χ2n) is 6.79. The molecule has 1 aromatic heterocycles. The van der Waals surface area contributed by atoms with Crippen LogP contribution in [-0.2, 0) is 0 Å². The van der Waals surface area contributed by atoms with E-state index in [1.807, 2.05) is 13.0 Å². The zero-order chi connectivity index (χ0) is 20.2. The third kappa shape index (κ3) is 2.74. The number of anilines is 2. The molecule has 1 aliphatic heterocycles. The molecule has 3 aromatic rings. The molecular formula is C21H16F3N3O. The summed E-state index contributed by atoms with van der Waals surface area (Å²) < 4.78 is 42.0. The SMILES string of the molecule is CC(=O)c1cc2c(c3ncccc13)Nc1ccc(C)c(C)c1N=C2C(F)(F)F. The van der Waals surface area contributed by atoms with E-state index in [-0.39, 0.29) is 28.3 Å². The fourth-order valence-electron chi connectivity index (χ4n) is 3.42. The molecule has 0 amide bonds. The van der Waals surface area contributed by atoms with Crippen molar-refractivity contribution in [3.8, 4) is 0 Å². The van der Waals surface area contributed by atoms with Crippen molar-refractivity contribution in [2.45, 2.75) is 26.9 Å². The van der Waals surface area contributed by atoms with Gasteiger partial charge in [-0.05, 0) is 50.1 Å². The largest absolute Gasteiger partial charge is 0.434 e. The minimum Gasteiger partial charge on any atom is -0.351 e. The summed E-state index contributed by atoms with van der Waals surface area (Å²) in [6.07, 6.45) is -3.21. The van der Waals surface area contributed by atoms with E-state index in [0.29, 0.717) is 22.2 Å². The van der Waals surface area contributed by atoms with E-state index in [9.17, 15) is 18.0 Å². The first-order valence-electron chi connectivity index (χ1n) is 8.64. The third-order valence-electron chi connectivity index (χ3n) is 4.98. The summed E-state index contributed by atoms with van der Waals surface area (Å²) in [7, 11) is 0. The van der Waals surface area contributed by atoms with Crippen LogP contribution in [0.1, 0.15) is 34.0 Å². The van der Waals surface area contributed by atoms with Gasteiger partial charge in [-0.15, -0.1) is 0 Å². The highest BCUT2D eigenvalue weighted by Gasteiger charge is 2.40. The first-order valence-corrected chi connectivity index (χ1v) is 8.64. The van der Waals surface area contributed by atoms with Crippen LogP contribution in [0.2, 0.25) is 0 Å². The Labute approximate surface area is 159 Å². The zero-order valence-electron chi connectivity index (χ0n) is 15.4. The van der Waals surface area contributed by atoms with Crippen molar-refractivity contribution >= 4 is 39.5 Å². The van der Waals surface area contributed by atoms with Gasteiger partial charge >= 0.3 is 6.18 Å². The second kappa shape index (κ2) is 6.15. The molecule has 4 rings (SSSR count). The van der Waals surface area contributed by atoms with Crippen LogP contribution >= 0.6 is 0 Å². The number of alkyl halides is 3. The molecule has 28 heavy (non-hydrogen) atoms. The topological polar surface area (TPSA) is 54.4 Å². The quantitative estimate of drug-likeness (QED) is 0.541. The van der Waals surface area contributed by atoms with Gasteiger partial charge in [0.2, 0.25) is 0 Å². The lowest BCUT2D eigenvalue weighted by Crippen LogP contribution is -2.24. The van der Waals surface area contributed by atoms with Crippen molar-refractivity contribution in [2.75, 3.05) is 5.32 Å². The minimum absolute atomic E-state index is 0.180. The standard InChI is InChI=1S/C21H16F3N3O/c1-10-6-7-16-17(11(10)2)27-20(21(22,23)24)15-9-14(12(3)28)13-5-4-8-25-18(13)19(15)26-16/h4-9,26H,1-3H3. The van der Waals surface area contributed by atoms with E-state index in [1.54, 1.807) is 25.1 Å². The van der Waals surface area contributed by atoms with E-state index >= 15 is 0 Å². The predicted octanol–water partition coefficient (Wildman–Crippen LogP) is 5.79. The van der Waals surface area contributed by atoms with Gasteiger partial charge in [-0.2, -0.15) is 13.2 Å². The fraction of sp³-hybridized carbons (Fsp3) is 0.190. The van der Waals surface area contributed by atoms with E-state index in [0.717, 1.165) is 5.56 Å². The normalized spacial score (nSPS) is 13.3. The molecule has 7 heteroatoms. The number of pyridine rings is 1. The van der Waals surface area contributed by atoms with Gasteiger partial charge < -0.3 is 5.32 Å². The number of fused-ring (bicyclic) bond motifs is 4. The molecule has 0 fully saturated rings. The molecule has 142 valence electrons. The van der Waals surface area contributed by atoms with Gasteiger partial charge in [0.1, 0.15) is 0 Å². The van der Waals surface area contributed by atoms with Crippen molar-refractivity contribution in [2.24, 2.45) is 4.99 Å². The molecule has 0 aliphatic carbocycles. The number of aromatic nitrogens is 1. The molecule has 0 atom stereocenters. The smallest absolute Gasteiger partial charge is 0.351 e. The van der Waals surface area contributed by atoms with Crippen LogP contribution in [0, 0.1) is 13.8 Å². The van der Waals surface area contributed by atoms with Crippen LogP contribution in [0.3, 0.4) is 0 Å². The Morgan fingerprint density at radius 3 is 2.57 bits per heavy atom. The maximum absolute atomic E-state index is 14.0. The maximum atomic E-state index is 14.0. The van der Waals surface area contributed by atoms with E-state index < -0.39 is 11.9 Å². The second-order valence-corrected chi connectivity index (χ2v) is 6.79. The molecule has 4 nitrogen and oxygen atoms in total. The average Bonchev–Trinajstić information content (AvgIpc) is 2.81. The highest BCUT2D eigenvalue weighted by Crippen LogP contribution is 2.43. The van der Waals surface area contributed by atoms with E-state index in [2.05, 4.69) is 15.3 Å². The molecule has 0 radical (unpaired) electrons. The van der Waals surface area contributed by atoms with Crippen molar-refractivity contribution in [3.05, 3.63) is 58.8 Å². The van der Waals surface area contributed by atoms with Crippen molar-refractivity contribution in [3.63, 3.8) is 0 Å². The summed E-state index contributed by atoms with van der Waals surface area (Å²) in [6, 6.07) is 8.12. The first-order chi connectivity index (χ1) is 13.2. The Balaban J connectivity index is 2.17. The average molecular weight is 383 g/mol. The van der Waals surface area contributed by atoms with Crippen LogP contribution in [-0.4, -0.2) is 22.7 Å². The van der Waals surface area contributed by atoms with Crippen LogP contribution in [0.5, 0.6) is 0 Å². The van der Waals surface area contributed by atoms with Gasteiger partial charge in [0.15, 0.2) is 11.5 Å². The van der Waals surface area contributed by atoms with Gasteiger partial charge in [0.05, 0.1) is 22.6 Å². The summed E-state index contributed by atoms with van der Waals surface area (Å²) >= 11 is 0. The number of rotatable bonds is 1. The van der Waals surface area contributed by atoms with Gasteiger partial charge in [-0.25, -0.2) is 4.99 Å². The van der Waals surface area contributed by atoms with Crippen LogP contribution < -0.4 is 5.32 Å². The molecule has 0 saturated heterocycles. The number of carbonyl (C=O) groups is 1. The zero-order valence-corrected chi connectivity index (χ0v) is 15.4. The number of nitrogens with zero attached hydrogens (tertiary/aromatic N) is 2. The molecule has 1 aliphatic rings. The number of ketones is 1. The Hall–Kier alpha value is -3.22. The summed E-state index contributed by atoms with van der Waals surface area (Å²) in [5.41, 5.74) is 1.64. The molecule has 0 saturated carbocycles. The predicted molar refractivity (Wildman–Crippen MR) is 103 cm³/mol. The molecule has 0 unspecified atom stereocenters. The van der Waals surface area contributed by atoms with E-state index in [4.69, 9.17) is 0 Å². The summed E-state index contributed by atoms with van der Waals surface area (Å²) in [4.78, 5) is 20.4. The van der Waals surface area contributed by atoms with Gasteiger partial charge in [0.25, 0.3) is 0 Å². The van der Waals surface area contributed by atoms with Crippen molar-refractivity contribution < 1.29 is 18.0 Å². The van der Waals surface area contributed by atoms with Crippen molar-refractivity contribution in [1.29, 1.82) is 0 Å². The van der Waals surface area contributed by atoms with Crippen LogP contribution in [0.15, 0.2) is 41.5 Å². The number of aryl methyl sites for hydroxylation is 1. The minimum atomic E-state index is -4.70.